The number of anilines is 4. The Balaban J connectivity index is 1.41. The largest absolute Gasteiger partial charge is 0.495 e. The highest BCUT2D eigenvalue weighted by Gasteiger charge is 2.17. The van der Waals surface area contributed by atoms with Crippen molar-refractivity contribution in [3.63, 3.8) is 0 Å². The molecule has 0 unspecified atom stereocenters. The van der Waals surface area contributed by atoms with Crippen molar-refractivity contribution in [2.45, 2.75) is 19.8 Å². The van der Waals surface area contributed by atoms with Crippen LogP contribution in [0.1, 0.15) is 35.7 Å². The number of rotatable bonds is 9. The van der Waals surface area contributed by atoms with Crippen LogP contribution >= 0.6 is 0 Å². The Morgan fingerprint density at radius 2 is 1.92 bits per heavy atom. The average Bonchev–Trinajstić information content (AvgIpc) is 3.34. The van der Waals surface area contributed by atoms with Gasteiger partial charge in [-0.15, -0.1) is 0 Å². The number of aromatic amines is 1. The number of carbonyl (C=O) groups excluding carboxylic acids is 1. The van der Waals surface area contributed by atoms with Crippen molar-refractivity contribution in [3.05, 3.63) is 77.6 Å². The summed E-state index contributed by atoms with van der Waals surface area (Å²) in [6.45, 7) is 5.28. The number of primary amides is 1. The Hall–Kier alpha value is -4.44. The van der Waals surface area contributed by atoms with E-state index in [9.17, 15) is 13.6 Å². The molecule has 0 spiro atoms. The van der Waals surface area contributed by atoms with Crippen molar-refractivity contribution in [1.29, 1.82) is 0 Å². The fourth-order valence-electron chi connectivity index (χ4n) is 4.88. The van der Waals surface area contributed by atoms with E-state index in [0.717, 1.165) is 55.9 Å². The fraction of sp³-hybridized carbons (Fsp3) is 0.241. The third-order valence-electron chi connectivity index (χ3n) is 6.75. The number of carbonyl (C=O) groups is 1. The third kappa shape index (κ3) is 5.56. The number of hydrogen-bond acceptors (Lipinski definition) is 6. The maximum atomic E-state index is 13.9. The second-order valence-corrected chi connectivity index (χ2v) is 9.47. The molecular formula is C29H30F2N6O2. The first-order chi connectivity index (χ1) is 18.9. The molecule has 4 aromatic rings. The lowest BCUT2D eigenvalue weighted by molar-refractivity contribution is 0.100. The number of nitrogens with one attached hydrogen (secondary N) is 3. The Morgan fingerprint density at radius 3 is 2.69 bits per heavy atom. The van der Waals surface area contributed by atoms with E-state index in [1.165, 1.54) is 11.8 Å². The zero-order valence-corrected chi connectivity index (χ0v) is 21.8. The van der Waals surface area contributed by atoms with Gasteiger partial charge in [0.25, 0.3) is 5.91 Å². The van der Waals surface area contributed by atoms with Crippen LogP contribution in [0, 0.1) is 11.6 Å². The maximum absolute atomic E-state index is 13.9. The molecule has 0 fully saturated rings. The summed E-state index contributed by atoms with van der Waals surface area (Å²) in [4.78, 5) is 21.8. The van der Waals surface area contributed by atoms with Crippen molar-refractivity contribution in [1.82, 2.24) is 14.9 Å². The molecule has 3 heterocycles. The molecule has 1 aliphatic heterocycles. The number of hydrogen-bond donors (Lipinski definition) is 4. The van der Waals surface area contributed by atoms with E-state index < -0.39 is 17.5 Å². The molecule has 1 amide bonds. The van der Waals surface area contributed by atoms with E-state index in [1.54, 1.807) is 13.3 Å². The number of fused-ring (bicyclic) bond motifs is 1. The first-order valence-corrected chi connectivity index (χ1v) is 12.8. The molecule has 0 aliphatic carbocycles. The number of benzene rings is 2. The zero-order chi connectivity index (χ0) is 27.5. The van der Waals surface area contributed by atoms with E-state index in [4.69, 9.17) is 10.5 Å². The summed E-state index contributed by atoms with van der Waals surface area (Å²) in [5.74, 6) is -1.78. The molecule has 39 heavy (non-hydrogen) atoms. The predicted molar refractivity (Wildman–Crippen MR) is 150 cm³/mol. The van der Waals surface area contributed by atoms with Gasteiger partial charge >= 0.3 is 0 Å². The molecule has 1 aliphatic rings. The van der Waals surface area contributed by atoms with Crippen LogP contribution in [0.15, 0.2) is 54.9 Å². The quantitative estimate of drug-likeness (QED) is 0.213. The Labute approximate surface area is 224 Å². The maximum Gasteiger partial charge on any atom is 0.250 e. The number of pyridine rings is 1. The molecule has 5 rings (SSSR count). The number of ether oxygens (including phenoxy) is 1. The monoisotopic (exact) mass is 532 g/mol. The lowest BCUT2D eigenvalue weighted by Gasteiger charge is -2.27. The normalized spacial score (nSPS) is 13.8. The molecule has 0 radical (unpaired) electrons. The van der Waals surface area contributed by atoms with Gasteiger partial charge in [-0.1, -0.05) is 19.1 Å². The Kier molecular flexibility index (Phi) is 7.47. The van der Waals surface area contributed by atoms with Gasteiger partial charge in [0.2, 0.25) is 0 Å². The van der Waals surface area contributed by atoms with Crippen molar-refractivity contribution in [2.75, 3.05) is 37.4 Å². The highest BCUT2D eigenvalue weighted by molar-refractivity contribution is 6.02. The molecule has 2 aromatic carbocycles. The number of amides is 1. The van der Waals surface area contributed by atoms with Gasteiger partial charge in [0.1, 0.15) is 11.6 Å². The van der Waals surface area contributed by atoms with Crippen molar-refractivity contribution in [2.24, 2.45) is 5.73 Å². The third-order valence-corrected chi connectivity index (χ3v) is 6.75. The van der Waals surface area contributed by atoms with Gasteiger partial charge in [-0.25, -0.2) is 8.78 Å². The van der Waals surface area contributed by atoms with Gasteiger partial charge in [-0.2, -0.15) is 0 Å². The SMILES string of the molecule is CCCN1CCC=C(c2ccc(Nc3cc4c(Nc5cc(F)c(F)cc5C(N)=O)cncc4[nH]3)c(OC)c2)C1. The summed E-state index contributed by atoms with van der Waals surface area (Å²) in [6.07, 6.45) is 7.63. The molecule has 0 saturated heterocycles. The Bertz CT molecular complexity index is 1570. The van der Waals surface area contributed by atoms with E-state index in [2.05, 4.69) is 44.6 Å². The minimum Gasteiger partial charge on any atom is -0.495 e. The number of aromatic nitrogens is 2. The number of halogens is 2. The van der Waals surface area contributed by atoms with Crippen LogP contribution in [0.4, 0.5) is 31.7 Å². The molecule has 5 N–H and O–H groups in total. The van der Waals surface area contributed by atoms with Crippen molar-refractivity contribution >= 4 is 45.3 Å². The minimum atomic E-state index is -1.16. The van der Waals surface area contributed by atoms with E-state index in [-0.39, 0.29) is 11.3 Å². The lowest BCUT2D eigenvalue weighted by Crippen LogP contribution is -2.30. The summed E-state index contributed by atoms with van der Waals surface area (Å²) in [5.41, 5.74) is 9.60. The molecule has 0 atom stereocenters. The van der Waals surface area contributed by atoms with E-state index in [0.29, 0.717) is 28.2 Å². The van der Waals surface area contributed by atoms with Crippen LogP contribution < -0.4 is 21.1 Å². The average molecular weight is 533 g/mol. The van der Waals surface area contributed by atoms with Gasteiger partial charge in [0.05, 0.1) is 47.6 Å². The van der Waals surface area contributed by atoms with Gasteiger partial charge < -0.3 is 26.1 Å². The smallest absolute Gasteiger partial charge is 0.250 e. The summed E-state index contributed by atoms with van der Waals surface area (Å²) >= 11 is 0. The second-order valence-electron chi connectivity index (χ2n) is 9.47. The number of nitrogens with zero attached hydrogens (tertiary/aromatic N) is 2. The Morgan fingerprint density at radius 1 is 1.10 bits per heavy atom. The predicted octanol–water partition coefficient (Wildman–Crippen LogP) is 5.93. The number of nitrogens with two attached hydrogens (primary N) is 1. The molecular weight excluding hydrogens is 502 g/mol. The summed E-state index contributed by atoms with van der Waals surface area (Å²) in [6, 6.07) is 9.63. The van der Waals surface area contributed by atoms with Crippen LogP contribution in [0.2, 0.25) is 0 Å². The summed E-state index contributed by atoms with van der Waals surface area (Å²) < 4.78 is 33.4. The summed E-state index contributed by atoms with van der Waals surface area (Å²) in [7, 11) is 1.64. The standard InChI is InChI=1S/C29H30F2N6O2/c1-3-8-37-9-4-5-18(16-37)17-6-7-23(27(10-17)39-2)35-28-12-19-25(14-33-15-26(19)36-28)34-24-13-22(31)21(30)11-20(24)29(32)38/h5-7,10-15,34-36H,3-4,8-9,16H2,1-2H3,(H2,32,38). The van der Waals surface area contributed by atoms with Gasteiger partial charge in [0, 0.05) is 24.5 Å². The molecule has 0 saturated carbocycles. The van der Waals surface area contributed by atoms with E-state index >= 15 is 0 Å². The molecule has 202 valence electrons. The van der Waals surface area contributed by atoms with Crippen molar-refractivity contribution < 1.29 is 18.3 Å². The van der Waals surface area contributed by atoms with Crippen molar-refractivity contribution in [3.8, 4) is 5.75 Å². The highest BCUT2D eigenvalue weighted by atomic mass is 19.2. The van der Waals surface area contributed by atoms with Gasteiger partial charge in [-0.3, -0.25) is 14.7 Å². The number of methoxy groups -OCH3 is 1. The topological polar surface area (TPSA) is 108 Å². The number of H-pyrrole nitrogens is 1. The summed E-state index contributed by atoms with van der Waals surface area (Å²) in [5, 5.41) is 7.04. The molecule has 0 bridgehead atoms. The van der Waals surface area contributed by atoms with E-state index in [1.807, 2.05) is 18.2 Å². The second kappa shape index (κ2) is 11.1. The first kappa shape index (κ1) is 26.2. The molecule has 2 aromatic heterocycles. The fourth-order valence-corrected chi connectivity index (χ4v) is 4.88. The zero-order valence-electron chi connectivity index (χ0n) is 21.8. The van der Waals surface area contributed by atoms with Crippen LogP contribution in [0.3, 0.4) is 0 Å². The van der Waals surface area contributed by atoms with Crippen LogP contribution in [-0.4, -0.2) is 47.5 Å². The molecule has 10 heteroatoms. The van der Waals surface area contributed by atoms with Gasteiger partial charge in [-0.05, 0) is 54.8 Å². The van der Waals surface area contributed by atoms with Gasteiger partial charge in [0.15, 0.2) is 11.6 Å². The first-order valence-electron chi connectivity index (χ1n) is 12.8. The lowest BCUT2D eigenvalue weighted by atomic mass is 10.00. The minimum absolute atomic E-state index is 0.0400. The highest BCUT2D eigenvalue weighted by Crippen LogP contribution is 2.35. The molecule has 8 nitrogen and oxygen atoms in total. The van der Waals surface area contributed by atoms with Crippen LogP contribution in [0.25, 0.3) is 16.5 Å². The van der Waals surface area contributed by atoms with Crippen LogP contribution in [0.5, 0.6) is 5.75 Å². The van der Waals surface area contributed by atoms with Crippen LogP contribution in [-0.2, 0) is 0 Å².